The van der Waals surface area contributed by atoms with Gasteiger partial charge in [-0.05, 0) is 39.8 Å². The summed E-state index contributed by atoms with van der Waals surface area (Å²) in [6.45, 7) is 11.1. The molecule has 8 heteroatoms. The third-order valence-electron chi connectivity index (χ3n) is 4.29. The van der Waals surface area contributed by atoms with Gasteiger partial charge in [0.25, 0.3) is 0 Å². The lowest BCUT2D eigenvalue weighted by atomic mass is 10.2. The van der Waals surface area contributed by atoms with Gasteiger partial charge in [-0.25, -0.2) is 4.79 Å². The van der Waals surface area contributed by atoms with Gasteiger partial charge in [-0.3, -0.25) is 9.69 Å². The minimum Gasteiger partial charge on any atom is -0.491 e. The van der Waals surface area contributed by atoms with Gasteiger partial charge in [-0.2, -0.15) is 0 Å². The maximum atomic E-state index is 12.5. The Morgan fingerprint density at radius 2 is 1.82 bits per heavy atom. The second-order valence-corrected chi connectivity index (χ2v) is 8.22. The smallest absolute Gasteiger partial charge is 0.408 e. The lowest BCUT2D eigenvalue weighted by Gasteiger charge is -2.36. The molecular weight excluding hydrogens is 382 g/mol. The first-order valence-corrected chi connectivity index (χ1v) is 9.91. The van der Waals surface area contributed by atoms with Gasteiger partial charge in [0.1, 0.15) is 24.0 Å². The van der Waals surface area contributed by atoms with Crippen LogP contribution in [0.4, 0.5) is 4.79 Å². The summed E-state index contributed by atoms with van der Waals surface area (Å²) in [6, 6.07) is 6.78. The van der Waals surface area contributed by atoms with Gasteiger partial charge in [0, 0.05) is 32.7 Å². The van der Waals surface area contributed by atoms with E-state index in [0.29, 0.717) is 30.5 Å². The van der Waals surface area contributed by atoms with Crippen molar-refractivity contribution < 1.29 is 19.1 Å². The van der Waals surface area contributed by atoms with E-state index in [1.54, 1.807) is 38.7 Å². The number of rotatable bonds is 6. The number of para-hydroxylation sites is 1. The first-order valence-electron chi connectivity index (χ1n) is 9.54. The molecule has 1 aliphatic rings. The standard InChI is InChI=1S/C20H30ClN3O4/c1-15(22-19(26)28-20(2,3)4)18(25)24-11-9-23(10-12-24)13-14-27-17-8-6-5-7-16(17)21/h5-8,15H,9-14H2,1-4H3,(H,22,26). The minimum atomic E-state index is -0.620. The predicted molar refractivity (Wildman–Crippen MR) is 109 cm³/mol. The van der Waals surface area contributed by atoms with E-state index >= 15 is 0 Å². The number of nitrogens with one attached hydrogen (secondary N) is 1. The molecular formula is C20H30ClN3O4. The van der Waals surface area contributed by atoms with E-state index in [4.69, 9.17) is 21.1 Å². The quantitative estimate of drug-likeness (QED) is 0.779. The highest BCUT2D eigenvalue weighted by atomic mass is 35.5. The second kappa shape index (κ2) is 9.98. The van der Waals surface area contributed by atoms with Gasteiger partial charge in [-0.1, -0.05) is 23.7 Å². The van der Waals surface area contributed by atoms with Crippen molar-refractivity contribution in [3.8, 4) is 5.75 Å². The average Bonchev–Trinajstić information content (AvgIpc) is 2.61. The summed E-state index contributed by atoms with van der Waals surface area (Å²) < 4.78 is 10.9. The fourth-order valence-electron chi connectivity index (χ4n) is 2.86. The van der Waals surface area contributed by atoms with E-state index < -0.39 is 17.7 Å². The Hall–Kier alpha value is -1.99. The van der Waals surface area contributed by atoms with E-state index in [1.165, 1.54) is 0 Å². The Balaban J connectivity index is 1.70. The first-order chi connectivity index (χ1) is 13.2. The molecule has 0 spiro atoms. The van der Waals surface area contributed by atoms with Crippen molar-refractivity contribution in [2.45, 2.75) is 39.3 Å². The molecule has 1 aliphatic heterocycles. The highest BCUT2D eigenvalue weighted by Gasteiger charge is 2.27. The Morgan fingerprint density at radius 3 is 2.43 bits per heavy atom. The van der Waals surface area contributed by atoms with Crippen LogP contribution in [-0.2, 0) is 9.53 Å². The van der Waals surface area contributed by atoms with Gasteiger partial charge in [-0.15, -0.1) is 0 Å². The summed E-state index contributed by atoms with van der Waals surface area (Å²) >= 11 is 6.08. The number of alkyl carbamates (subject to hydrolysis) is 1. The fourth-order valence-corrected chi connectivity index (χ4v) is 3.05. The fraction of sp³-hybridized carbons (Fsp3) is 0.600. The number of nitrogens with zero attached hydrogens (tertiary/aromatic N) is 2. The molecule has 1 aromatic rings. The van der Waals surface area contributed by atoms with E-state index in [9.17, 15) is 9.59 Å². The van der Waals surface area contributed by atoms with Crippen LogP contribution in [0.15, 0.2) is 24.3 Å². The zero-order valence-electron chi connectivity index (χ0n) is 17.0. The topological polar surface area (TPSA) is 71.1 Å². The van der Waals surface area contributed by atoms with Crippen LogP contribution in [0.1, 0.15) is 27.7 Å². The van der Waals surface area contributed by atoms with Crippen LogP contribution in [0.2, 0.25) is 5.02 Å². The molecule has 0 aliphatic carbocycles. The van der Waals surface area contributed by atoms with Gasteiger partial charge in [0.05, 0.1) is 5.02 Å². The predicted octanol–water partition coefficient (Wildman–Crippen LogP) is 2.78. The molecule has 156 valence electrons. The van der Waals surface area contributed by atoms with E-state index in [0.717, 1.165) is 19.6 Å². The summed E-state index contributed by atoms with van der Waals surface area (Å²) in [6.07, 6.45) is -0.580. The molecule has 7 nitrogen and oxygen atoms in total. The van der Waals surface area contributed by atoms with Crippen LogP contribution in [-0.4, -0.2) is 72.8 Å². The molecule has 1 aromatic carbocycles. The summed E-state index contributed by atoms with van der Waals surface area (Å²) in [5.41, 5.74) is -0.593. The molecule has 2 amide bonds. The van der Waals surface area contributed by atoms with Crippen molar-refractivity contribution >= 4 is 23.6 Å². The number of hydrogen-bond acceptors (Lipinski definition) is 5. The van der Waals surface area contributed by atoms with Crippen LogP contribution < -0.4 is 10.1 Å². The lowest BCUT2D eigenvalue weighted by Crippen LogP contribution is -2.54. The molecule has 1 saturated heterocycles. The zero-order valence-corrected chi connectivity index (χ0v) is 17.8. The molecule has 0 saturated carbocycles. The molecule has 0 aromatic heterocycles. The maximum Gasteiger partial charge on any atom is 0.408 e. The van der Waals surface area contributed by atoms with Crippen molar-refractivity contribution in [1.29, 1.82) is 0 Å². The molecule has 1 heterocycles. The molecule has 1 fully saturated rings. The number of benzene rings is 1. The molecule has 1 N–H and O–H groups in total. The number of amides is 2. The van der Waals surface area contributed by atoms with Gasteiger partial charge in [0.2, 0.25) is 5.91 Å². The minimum absolute atomic E-state index is 0.0992. The summed E-state index contributed by atoms with van der Waals surface area (Å²) in [5, 5.41) is 3.21. The molecule has 1 unspecified atom stereocenters. The molecule has 0 bridgehead atoms. The largest absolute Gasteiger partial charge is 0.491 e. The molecule has 1 atom stereocenters. The summed E-state index contributed by atoms with van der Waals surface area (Å²) in [7, 11) is 0. The Morgan fingerprint density at radius 1 is 1.18 bits per heavy atom. The molecule has 2 rings (SSSR count). The summed E-state index contributed by atoms with van der Waals surface area (Å²) in [5.74, 6) is 0.581. The van der Waals surface area contributed by atoms with E-state index in [2.05, 4.69) is 10.2 Å². The molecule has 28 heavy (non-hydrogen) atoms. The monoisotopic (exact) mass is 411 g/mol. The molecule has 0 radical (unpaired) electrons. The Bertz CT molecular complexity index is 670. The van der Waals surface area contributed by atoms with Crippen molar-refractivity contribution in [3.05, 3.63) is 29.3 Å². The van der Waals surface area contributed by atoms with Crippen LogP contribution in [0.3, 0.4) is 0 Å². The third-order valence-corrected chi connectivity index (χ3v) is 4.60. The zero-order chi connectivity index (χ0) is 20.7. The number of halogens is 1. The van der Waals surface area contributed by atoms with E-state index in [1.807, 2.05) is 18.2 Å². The van der Waals surface area contributed by atoms with Crippen molar-refractivity contribution in [2.75, 3.05) is 39.3 Å². The normalized spacial score (nSPS) is 16.4. The number of ether oxygens (including phenoxy) is 2. The maximum absolute atomic E-state index is 12.5. The highest BCUT2D eigenvalue weighted by Crippen LogP contribution is 2.22. The van der Waals surface area contributed by atoms with Crippen LogP contribution in [0.5, 0.6) is 5.75 Å². The highest BCUT2D eigenvalue weighted by molar-refractivity contribution is 6.32. The van der Waals surface area contributed by atoms with Gasteiger partial charge < -0.3 is 19.7 Å². The average molecular weight is 412 g/mol. The number of hydrogen-bond donors (Lipinski definition) is 1. The van der Waals surface area contributed by atoms with Crippen LogP contribution in [0, 0.1) is 0 Å². The SMILES string of the molecule is CC(NC(=O)OC(C)(C)C)C(=O)N1CCN(CCOc2ccccc2Cl)CC1. The second-order valence-electron chi connectivity index (χ2n) is 7.81. The van der Waals surface area contributed by atoms with Crippen molar-refractivity contribution in [1.82, 2.24) is 15.1 Å². The lowest BCUT2D eigenvalue weighted by molar-refractivity contribution is -0.134. The van der Waals surface area contributed by atoms with Gasteiger partial charge >= 0.3 is 6.09 Å². The Labute approximate surface area is 171 Å². The van der Waals surface area contributed by atoms with Crippen LogP contribution >= 0.6 is 11.6 Å². The summed E-state index contributed by atoms with van der Waals surface area (Å²) in [4.78, 5) is 28.4. The van der Waals surface area contributed by atoms with Crippen molar-refractivity contribution in [3.63, 3.8) is 0 Å². The third kappa shape index (κ3) is 7.20. The van der Waals surface area contributed by atoms with E-state index in [-0.39, 0.29) is 5.91 Å². The number of piperazine rings is 1. The van der Waals surface area contributed by atoms with Gasteiger partial charge in [0.15, 0.2) is 0 Å². The first kappa shape index (κ1) is 22.3. The van der Waals surface area contributed by atoms with Crippen molar-refractivity contribution in [2.24, 2.45) is 0 Å². The Kier molecular flexibility index (Phi) is 7.95. The van der Waals surface area contributed by atoms with Crippen LogP contribution in [0.25, 0.3) is 0 Å². The number of carbonyl (C=O) groups excluding carboxylic acids is 2. The number of carbonyl (C=O) groups is 2.